The molecule has 0 saturated heterocycles. The minimum atomic E-state index is -0.573. The summed E-state index contributed by atoms with van der Waals surface area (Å²) in [5.74, 6) is -1.13. The Kier molecular flexibility index (Phi) is 3.67. The number of nitrogens with zero attached hydrogens (tertiary/aromatic N) is 1. The molecule has 20 heavy (non-hydrogen) atoms. The van der Waals surface area contributed by atoms with Crippen molar-refractivity contribution < 1.29 is 8.78 Å². The molecule has 6 heteroatoms. The molecule has 0 fully saturated rings. The minimum Gasteiger partial charge on any atom is -0.381 e. The largest absolute Gasteiger partial charge is 0.381 e. The topological polar surface area (TPSA) is 24.9 Å². The zero-order valence-electron chi connectivity index (χ0n) is 10.2. The number of fused-ring (bicyclic) bond motifs is 1. The first-order valence-electron chi connectivity index (χ1n) is 5.84. The van der Waals surface area contributed by atoms with Gasteiger partial charge in [-0.05, 0) is 46.3 Å². The van der Waals surface area contributed by atoms with E-state index in [1.807, 2.05) is 18.2 Å². The second-order valence-corrected chi connectivity index (χ2v) is 5.95. The number of nitrogens with one attached hydrogen (secondary N) is 1. The van der Waals surface area contributed by atoms with E-state index >= 15 is 0 Å². The average Bonchev–Trinajstić information content (AvgIpc) is 2.90. The highest BCUT2D eigenvalue weighted by Gasteiger charge is 2.12. The van der Waals surface area contributed by atoms with E-state index in [-0.39, 0.29) is 16.6 Å². The quantitative estimate of drug-likeness (QED) is 0.673. The van der Waals surface area contributed by atoms with Gasteiger partial charge >= 0.3 is 0 Å². The predicted octanol–water partition coefficient (Wildman–Crippen LogP) is 4.95. The van der Waals surface area contributed by atoms with Gasteiger partial charge in [-0.3, -0.25) is 0 Å². The van der Waals surface area contributed by atoms with Crippen LogP contribution in [0.5, 0.6) is 0 Å². The Morgan fingerprint density at radius 2 is 2.05 bits per heavy atom. The van der Waals surface area contributed by atoms with Crippen LogP contribution in [0.15, 0.2) is 40.3 Å². The van der Waals surface area contributed by atoms with Gasteiger partial charge in [-0.15, -0.1) is 11.3 Å². The van der Waals surface area contributed by atoms with Crippen molar-refractivity contribution in [1.82, 2.24) is 4.98 Å². The summed E-state index contributed by atoms with van der Waals surface area (Å²) in [5.41, 5.74) is 3.51. The number of halogens is 3. The zero-order valence-corrected chi connectivity index (χ0v) is 12.6. The molecule has 102 valence electrons. The van der Waals surface area contributed by atoms with Gasteiger partial charge in [0.25, 0.3) is 0 Å². The van der Waals surface area contributed by atoms with E-state index in [4.69, 9.17) is 0 Å². The molecule has 0 saturated carbocycles. The van der Waals surface area contributed by atoms with Gasteiger partial charge in [0.1, 0.15) is 11.6 Å². The second-order valence-electron chi connectivity index (χ2n) is 4.21. The molecule has 0 spiro atoms. The third-order valence-electron chi connectivity index (χ3n) is 2.94. The summed E-state index contributed by atoms with van der Waals surface area (Å²) in [6, 6.07) is 8.24. The molecule has 1 heterocycles. The second kappa shape index (κ2) is 5.46. The highest BCUT2D eigenvalue weighted by atomic mass is 79.9. The highest BCUT2D eigenvalue weighted by Crippen LogP contribution is 2.25. The summed E-state index contributed by atoms with van der Waals surface area (Å²) < 4.78 is 28.8. The normalized spacial score (nSPS) is 10.9. The molecule has 0 radical (unpaired) electrons. The Morgan fingerprint density at radius 1 is 1.20 bits per heavy atom. The van der Waals surface area contributed by atoms with Crippen molar-refractivity contribution in [1.29, 1.82) is 0 Å². The SMILES string of the molecule is Fc1ccc(Br)c(F)c1CNc1ccc2ncsc2c1. The van der Waals surface area contributed by atoms with Gasteiger partial charge in [0.15, 0.2) is 0 Å². The van der Waals surface area contributed by atoms with Gasteiger partial charge in [0, 0.05) is 17.8 Å². The molecule has 3 aromatic rings. The maximum atomic E-state index is 13.8. The van der Waals surface area contributed by atoms with Crippen molar-refractivity contribution in [2.24, 2.45) is 0 Å². The zero-order chi connectivity index (χ0) is 14.1. The van der Waals surface area contributed by atoms with E-state index in [1.165, 1.54) is 23.5 Å². The van der Waals surface area contributed by atoms with Crippen molar-refractivity contribution in [2.45, 2.75) is 6.54 Å². The fourth-order valence-corrected chi connectivity index (χ4v) is 2.97. The molecule has 0 atom stereocenters. The van der Waals surface area contributed by atoms with Gasteiger partial charge in [0.05, 0.1) is 20.2 Å². The Hall–Kier alpha value is -1.53. The molecule has 0 unspecified atom stereocenters. The van der Waals surface area contributed by atoms with E-state index in [1.54, 1.807) is 5.51 Å². The van der Waals surface area contributed by atoms with Crippen molar-refractivity contribution in [3.8, 4) is 0 Å². The van der Waals surface area contributed by atoms with Crippen molar-refractivity contribution in [3.05, 3.63) is 57.5 Å². The Bertz CT molecular complexity index is 773. The van der Waals surface area contributed by atoms with Gasteiger partial charge in [-0.25, -0.2) is 13.8 Å². The van der Waals surface area contributed by atoms with Gasteiger partial charge in [-0.1, -0.05) is 0 Å². The monoisotopic (exact) mass is 354 g/mol. The fraction of sp³-hybridized carbons (Fsp3) is 0.0714. The molecule has 3 rings (SSSR count). The van der Waals surface area contributed by atoms with Crippen molar-refractivity contribution >= 4 is 43.2 Å². The summed E-state index contributed by atoms with van der Waals surface area (Å²) in [6.45, 7) is 0.0847. The lowest BCUT2D eigenvalue weighted by molar-refractivity contribution is 0.556. The first-order chi connectivity index (χ1) is 9.65. The maximum Gasteiger partial charge on any atom is 0.145 e. The van der Waals surface area contributed by atoms with Crippen LogP contribution in [-0.2, 0) is 6.54 Å². The van der Waals surface area contributed by atoms with E-state index < -0.39 is 11.6 Å². The van der Waals surface area contributed by atoms with Crippen LogP contribution in [0.2, 0.25) is 0 Å². The first kappa shape index (κ1) is 13.5. The molecule has 0 aliphatic rings. The number of anilines is 1. The third kappa shape index (κ3) is 2.53. The van der Waals surface area contributed by atoms with Crippen LogP contribution in [-0.4, -0.2) is 4.98 Å². The molecule has 0 aliphatic heterocycles. The Balaban J connectivity index is 1.84. The lowest BCUT2D eigenvalue weighted by Gasteiger charge is -2.09. The van der Waals surface area contributed by atoms with Gasteiger partial charge < -0.3 is 5.32 Å². The van der Waals surface area contributed by atoms with E-state index in [2.05, 4.69) is 26.2 Å². The minimum absolute atomic E-state index is 0.0174. The molecule has 1 aromatic heterocycles. The van der Waals surface area contributed by atoms with Crippen LogP contribution in [0, 0.1) is 11.6 Å². The van der Waals surface area contributed by atoms with Crippen LogP contribution < -0.4 is 5.32 Å². The lowest BCUT2D eigenvalue weighted by atomic mass is 10.2. The fourth-order valence-electron chi connectivity index (χ4n) is 1.89. The lowest BCUT2D eigenvalue weighted by Crippen LogP contribution is -2.05. The summed E-state index contributed by atoms with van der Waals surface area (Å²) in [5, 5.41) is 3.03. The Morgan fingerprint density at radius 3 is 2.90 bits per heavy atom. The van der Waals surface area contributed by atoms with Crippen molar-refractivity contribution in [2.75, 3.05) is 5.32 Å². The molecule has 0 amide bonds. The van der Waals surface area contributed by atoms with Crippen molar-refractivity contribution in [3.63, 3.8) is 0 Å². The van der Waals surface area contributed by atoms with E-state index in [0.29, 0.717) is 0 Å². The molecule has 0 aliphatic carbocycles. The van der Waals surface area contributed by atoms with Crippen LogP contribution in [0.25, 0.3) is 10.2 Å². The van der Waals surface area contributed by atoms with Gasteiger partial charge in [-0.2, -0.15) is 0 Å². The summed E-state index contributed by atoms with van der Waals surface area (Å²) in [4.78, 5) is 4.18. The molecule has 1 N–H and O–H groups in total. The molecule has 2 nitrogen and oxygen atoms in total. The molecule has 2 aromatic carbocycles. The van der Waals surface area contributed by atoms with Crippen LogP contribution >= 0.6 is 27.3 Å². The smallest absolute Gasteiger partial charge is 0.145 e. The standard InChI is InChI=1S/C14H9BrF2N2S/c15-10-2-3-11(16)9(14(10)17)6-18-8-1-4-12-13(5-8)20-7-19-12/h1-5,7,18H,6H2. The van der Waals surface area contributed by atoms with E-state index in [0.717, 1.165) is 15.9 Å². The molecule has 0 bridgehead atoms. The summed E-state index contributed by atoms with van der Waals surface area (Å²) in [6.07, 6.45) is 0. The van der Waals surface area contributed by atoms with E-state index in [9.17, 15) is 8.78 Å². The van der Waals surface area contributed by atoms with Crippen LogP contribution in [0.1, 0.15) is 5.56 Å². The third-order valence-corrected chi connectivity index (χ3v) is 4.34. The summed E-state index contributed by atoms with van der Waals surface area (Å²) >= 11 is 4.58. The number of hydrogen-bond donors (Lipinski definition) is 1. The summed E-state index contributed by atoms with van der Waals surface area (Å²) in [7, 11) is 0. The van der Waals surface area contributed by atoms with Crippen LogP contribution in [0.4, 0.5) is 14.5 Å². The molecular weight excluding hydrogens is 346 g/mol. The Labute approximate surface area is 126 Å². The average molecular weight is 355 g/mol. The predicted molar refractivity (Wildman–Crippen MR) is 81.0 cm³/mol. The number of aromatic nitrogens is 1. The first-order valence-corrected chi connectivity index (χ1v) is 7.52. The number of thiazole rings is 1. The highest BCUT2D eigenvalue weighted by molar-refractivity contribution is 9.10. The number of rotatable bonds is 3. The maximum absolute atomic E-state index is 13.8. The molecular formula is C14H9BrF2N2S. The van der Waals surface area contributed by atoms with Gasteiger partial charge in [0.2, 0.25) is 0 Å². The number of benzene rings is 2. The number of hydrogen-bond acceptors (Lipinski definition) is 3. The van der Waals surface area contributed by atoms with Crippen LogP contribution in [0.3, 0.4) is 0 Å².